The number of aromatic nitrogens is 1. The van der Waals surface area contributed by atoms with Crippen molar-refractivity contribution in [2.45, 2.75) is 46.7 Å². The molecule has 2 rings (SSSR count). The highest BCUT2D eigenvalue weighted by atomic mass is 32.1. The molecule has 1 aromatic heterocycles. The SMILES string of the molecule is Cc1cc(C)c(C(C)NC(C)c2nccs2)c(C)c1. The number of rotatable bonds is 4. The van der Waals surface area contributed by atoms with Crippen molar-refractivity contribution in [3.63, 3.8) is 0 Å². The molecule has 0 fully saturated rings. The van der Waals surface area contributed by atoms with E-state index in [1.165, 1.54) is 22.3 Å². The van der Waals surface area contributed by atoms with Crippen LogP contribution in [0.5, 0.6) is 0 Å². The summed E-state index contributed by atoms with van der Waals surface area (Å²) in [4.78, 5) is 4.38. The van der Waals surface area contributed by atoms with Gasteiger partial charge in [0.25, 0.3) is 0 Å². The Hall–Kier alpha value is -1.19. The summed E-state index contributed by atoms with van der Waals surface area (Å²) in [6.45, 7) is 11.0. The van der Waals surface area contributed by atoms with Crippen LogP contribution >= 0.6 is 11.3 Å². The van der Waals surface area contributed by atoms with Crippen molar-refractivity contribution in [3.05, 3.63) is 51.0 Å². The molecule has 0 spiro atoms. The van der Waals surface area contributed by atoms with E-state index in [-0.39, 0.29) is 6.04 Å². The minimum Gasteiger partial charge on any atom is -0.301 e. The van der Waals surface area contributed by atoms with Crippen LogP contribution in [0.1, 0.15) is 53.2 Å². The van der Waals surface area contributed by atoms with Gasteiger partial charge in [-0.05, 0) is 51.3 Å². The predicted octanol–water partition coefficient (Wildman–Crippen LogP) is 4.48. The molecule has 1 heterocycles. The van der Waals surface area contributed by atoms with E-state index in [1.54, 1.807) is 11.3 Å². The second-order valence-electron chi connectivity index (χ2n) is 5.29. The molecule has 0 radical (unpaired) electrons. The molecule has 0 aliphatic carbocycles. The fourth-order valence-electron chi connectivity index (χ4n) is 2.85. The molecule has 2 aromatic rings. The van der Waals surface area contributed by atoms with Crippen molar-refractivity contribution in [2.75, 3.05) is 0 Å². The zero-order valence-electron chi connectivity index (χ0n) is 12.3. The summed E-state index contributed by atoms with van der Waals surface area (Å²) >= 11 is 1.71. The molecule has 19 heavy (non-hydrogen) atoms. The maximum Gasteiger partial charge on any atom is 0.109 e. The molecule has 2 nitrogen and oxygen atoms in total. The Morgan fingerprint density at radius 3 is 2.21 bits per heavy atom. The summed E-state index contributed by atoms with van der Waals surface area (Å²) in [6, 6.07) is 5.14. The van der Waals surface area contributed by atoms with Crippen LogP contribution in [0.15, 0.2) is 23.7 Å². The van der Waals surface area contributed by atoms with E-state index in [2.05, 4.69) is 57.1 Å². The predicted molar refractivity (Wildman–Crippen MR) is 82.7 cm³/mol. The molecule has 2 unspecified atom stereocenters. The lowest BCUT2D eigenvalue weighted by Gasteiger charge is -2.23. The number of thiazole rings is 1. The number of hydrogen-bond donors (Lipinski definition) is 1. The first-order valence-corrected chi connectivity index (χ1v) is 7.60. The van der Waals surface area contributed by atoms with Gasteiger partial charge in [-0.1, -0.05) is 17.7 Å². The maximum absolute atomic E-state index is 4.38. The lowest BCUT2D eigenvalue weighted by molar-refractivity contribution is 0.490. The van der Waals surface area contributed by atoms with Gasteiger partial charge in [0.1, 0.15) is 5.01 Å². The van der Waals surface area contributed by atoms with Crippen LogP contribution in [0.2, 0.25) is 0 Å². The van der Waals surface area contributed by atoms with E-state index in [4.69, 9.17) is 0 Å². The molecular formula is C16H22N2S. The molecule has 0 amide bonds. The Labute approximate surface area is 119 Å². The normalized spacial score (nSPS) is 14.4. The quantitative estimate of drug-likeness (QED) is 0.889. The topological polar surface area (TPSA) is 24.9 Å². The van der Waals surface area contributed by atoms with E-state index >= 15 is 0 Å². The van der Waals surface area contributed by atoms with E-state index < -0.39 is 0 Å². The van der Waals surface area contributed by atoms with Gasteiger partial charge in [-0.3, -0.25) is 0 Å². The highest BCUT2D eigenvalue weighted by molar-refractivity contribution is 7.09. The summed E-state index contributed by atoms with van der Waals surface area (Å²) in [7, 11) is 0. The molecule has 0 saturated carbocycles. The van der Waals surface area contributed by atoms with Crippen molar-refractivity contribution in [1.29, 1.82) is 0 Å². The lowest BCUT2D eigenvalue weighted by atomic mass is 9.94. The maximum atomic E-state index is 4.38. The van der Waals surface area contributed by atoms with Gasteiger partial charge in [-0.2, -0.15) is 0 Å². The molecule has 2 atom stereocenters. The Kier molecular flexibility index (Phi) is 4.38. The molecule has 3 heteroatoms. The highest BCUT2D eigenvalue weighted by Gasteiger charge is 2.16. The van der Waals surface area contributed by atoms with Gasteiger partial charge in [0.05, 0.1) is 6.04 Å². The van der Waals surface area contributed by atoms with Crippen molar-refractivity contribution in [3.8, 4) is 0 Å². The Balaban J connectivity index is 2.18. The molecule has 1 N–H and O–H groups in total. The van der Waals surface area contributed by atoms with Gasteiger partial charge in [-0.15, -0.1) is 11.3 Å². The van der Waals surface area contributed by atoms with E-state index in [0.29, 0.717) is 6.04 Å². The summed E-state index contributed by atoms with van der Waals surface area (Å²) in [5.41, 5.74) is 5.47. The minimum atomic E-state index is 0.287. The first-order chi connectivity index (χ1) is 8.99. The van der Waals surface area contributed by atoms with Gasteiger partial charge in [0.15, 0.2) is 0 Å². The van der Waals surface area contributed by atoms with E-state index in [1.807, 2.05) is 11.6 Å². The van der Waals surface area contributed by atoms with Crippen molar-refractivity contribution in [1.82, 2.24) is 10.3 Å². The number of aryl methyl sites for hydroxylation is 3. The number of nitrogens with one attached hydrogen (secondary N) is 1. The van der Waals surface area contributed by atoms with Crippen LogP contribution in [0.4, 0.5) is 0 Å². The Morgan fingerprint density at radius 1 is 1.05 bits per heavy atom. The van der Waals surface area contributed by atoms with Crippen LogP contribution < -0.4 is 5.32 Å². The first kappa shape index (κ1) is 14.2. The van der Waals surface area contributed by atoms with Crippen molar-refractivity contribution in [2.24, 2.45) is 0 Å². The zero-order chi connectivity index (χ0) is 14.0. The third-order valence-electron chi connectivity index (χ3n) is 3.49. The number of nitrogens with zero attached hydrogens (tertiary/aromatic N) is 1. The smallest absolute Gasteiger partial charge is 0.109 e. The monoisotopic (exact) mass is 274 g/mol. The average molecular weight is 274 g/mol. The van der Waals surface area contributed by atoms with Gasteiger partial charge in [0, 0.05) is 17.6 Å². The van der Waals surface area contributed by atoms with E-state index in [9.17, 15) is 0 Å². The van der Waals surface area contributed by atoms with Gasteiger partial charge in [-0.25, -0.2) is 4.98 Å². The second kappa shape index (κ2) is 5.85. The highest BCUT2D eigenvalue weighted by Crippen LogP contribution is 2.26. The Bertz CT molecular complexity index is 523. The fourth-order valence-corrected chi connectivity index (χ4v) is 3.51. The standard InChI is InChI=1S/C16H22N2S/c1-10-8-11(2)15(12(3)9-10)13(4)18-14(5)16-17-6-7-19-16/h6-9,13-14,18H,1-5H3. The average Bonchev–Trinajstić information content (AvgIpc) is 2.80. The molecule has 102 valence electrons. The number of benzene rings is 1. The van der Waals surface area contributed by atoms with Crippen LogP contribution in [0.3, 0.4) is 0 Å². The van der Waals surface area contributed by atoms with Crippen molar-refractivity contribution >= 4 is 11.3 Å². The zero-order valence-corrected chi connectivity index (χ0v) is 13.1. The van der Waals surface area contributed by atoms with Crippen molar-refractivity contribution < 1.29 is 0 Å². The molecule has 0 bridgehead atoms. The van der Waals surface area contributed by atoms with Crippen LogP contribution in [0.25, 0.3) is 0 Å². The second-order valence-corrected chi connectivity index (χ2v) is 6.22. The summed E-state index contributed by atoms with van der Waals surface area (Å²) < 4.78 is 0. The van der Waals surface area contributed by atoms with E-state index in [0.717, 1.165) is 5.01 Å². The van der Waals surface area contributed by atoms with Crippen LogP contribution in [-0.2, 0) is 0 Å². The lowest BCUT2D eigenvalue weighted by Crippen LogP contribution is -2.23. The molecule has 0 aliphatic heterocycles. The molecule has 0 aliphatic rings. The fraction of sp³-hybridized carbons (Fsp3) is 0.438. The third-order valence-corrected chi connectivity index (χ3v) is 4.45. The van der Waals surface area contributed by atoms with Crippen LogP contribution in [-0.4, -0.2) is 4.98 Å². The first-order valence-electron chi connectivity index (χ1n) is 6.72. The summed E-state index contributed by atoms with van der Waals surface area (Å²) in [5.74, 6) is 0. The summed E-state index contributed by atoms with van der Waals surface area (Å²) in [5, 5.41) is 6.82. The molecule has 1 aromatic carbocycles. The van der Waals surface area contributed by atoms with Gasteiger partial charge < -0.3 is 5.32 Å². The summed E-state index contributed by atoms with van der Waals surface area (Å²) in [6.07, 6.45) is 1.87. The largest absolute Gasteiger partial charge is 0.301 e. The molecule has 0 saturated heterocycles. The number of hydrogen-bond acceptors (Lipinski definition) is 3. The Morgan fingerprint density at radius 2 is 1.68 bits per heavy atom. The minimum absolute atomic E-state index is 0.287. The third kappa shape index (κ3) is 3.23. The van der Waals surface area contributed by atoms with Gasteiger partial charge >= 0.3 is 0 Å². The van der Waals surface area contributed by atoms with Gasteiger partial charge in [0.2, 0.25) is 0 Å². The van der Waals surface area contributed by atoms with Crippen LogP contribution in [0, 0.1) is 20.8 Å². The molecular weight excluding hydrogens is 252 g/mol.